The van der Waals surface area contributed by atoms with E-state index < -0.39 is 5.97 Å². The zero-order valence-corrected chi connectivity index (χ0v) is 20.2. The Bertz CT molecular complexity index is 648. The van der Waals surface area contributed by atoms with E-state index in [0.29, 0.717) is 41.0 Å². The molecule has 1 heterocycles. The summed E-state index contributed by atoms with van der Waals surface area (Å²) >= 11 is 0. The lowest BCUT2D eigenvalue weighted by molar-refractivity contribution is -0.158. The Labute approximate surface area is 184 Å². The molecule has 4 aliphatic rings. The molecule has 0 bridgehead atoms. The molecule has 1 N–H and O–H groups in total. The summed E-state index contributed by atoms with van der Waals surface area (Å²) in [5.41, 5.74) is 0.679. The van der Waals surface area contributed by atoms with E-state index in [9.17, 15) is 9.59 Å². The van der Waals surface area contributed by atoms with Gasteiger partial charge in [0.15, 0.2) is 0 Å². The van der Waals surface area contributed by atoms with Crippen LogP contribution in [0, 0.1) is 40.4 Å². The van der Waals surface area contributed by atoms with Gasteiger partial charge in [0.1, 0.15) is 0 Å². The molecule has 0 aromatic rings. The summed E-state index contributed by atoms with van der Waals surface area (Å²) in [5, 5.41) is 9.11. The molecule has 3 saturated carbocycles. The fourth-order valence-corrected chi connectivity index (χ4v) is 8.68. The maximum atomic E-state index is 12.3. The minimum atomic E-state index is -0.655. The summed E-state index contributed by atoms with van der Waals surface area (Å²) in [6.07, 6.45) is 10.6. The summed E-state index contributed by atoms with van der Waals surface area (Å²) < 4.78 is 0. The Hall–Kier alpha value is -1.06. The van der Waals surface area contributed by atoms with E-state index in [1.54, 1.807) is 0 Å². The van der Waals surface area contributed by atoms with Gasteiger partial charge in [-0.05, 0) is 91.8 Å². The van der Waals surface area contributed by atoms with Gasteiger partial charge in [-0.25, -0.2) is 0 Å². The molecule has 3 aliphatic carbocycles. The predicted molar refractivity (Wildman–Crippen MR) is 121 cm³/mol. The van der Waals surface area contributed by atoms with Crippen molar-refractivity contribution in [2.45, 2.75) is 105 Å². The zero-order valence-electron chi connectivity index (χ0n) is 20.2. The summed E-state index contributed by atoms with van der Waals surface area (Å²) in [5.74, 6) is 3.23. The molecule has 0 spiro atoms. The summed E-state index contributed by atoms with van der Waals surface area (Å²) in [7, 11) is 2.04. The number of carboxylic acid groups (broad SMARTS) is 1. The van der Waals surface area contributed by atoms with Crippen LogP contribution < -0.4 is 0 Å². The standard InChI is InChI=1S/C24H39NO3.C2H6/c1-15(5-10-22(27)28)17-7-8-18-16-6-9-20-24(3,14-12-21(26)25(20)4)19(16)11-13-23(17,18)2;1-2/h15-20H,5-14H2,1-4H3,(H,27,28);1-2H3/t15-,16?,17?,18?,19?,20?,23?,24?;/m1./s1. The van der Waals surface area contributed by atoms with Gasteiger partial charge in [0, 0.05) is 25.9 Å². The van der Waals surface area contributed by atoms with Crippen molar-refractivity contribution in [1.82, 2.24) is 4.90 Å². The van der Waals surface area contributed by atoms with Gasteiger partial charge < -0.3 is 10.0 Å². The third kappa shape index (κ3) is 3.71. The van der Waals surface area contributed by atoms with Crippen molar-refractivity contribution in [3.8, 4) is 0 Å². The maximum Gasteiger partial charge on any atom is 0.303 e. The van der Waals surface area contributed by atoms with Crippen LogP contribution in [0.5, 0.6) is 0 Å². The minimum absolute atomic E-state index is 0.292. The second-order valence-electron chi connectivity index (χ2n) is 11.1. The number of nitrogens with zero attached hydrogens (tertiary/aromatic N) is 1. The molecule has 0 radical (unpaired) electrons. The number of carbonyl (C=O) groups is 2. The number of hydrogen-bond donors (Lipinski definition) is 1. The Morgan fingerprint density at radius 3 is 2.40 bits per heavy atom. The molecule has 1 aliphatic heterocycles. The molecule has 4 fully saturated rings. The number of hydrogen-bond acceptors (Lipinski definition) is 2. The molecular formula is C26H45NO3. The molecular weight excluding hydrogens is 374 g/mol. The van der Waals surface area contributed by atoms with E-state index >= 15 is 0 Å². The van der Waals surface area contributed by atoms with Gasteiger partial charge in [0.25, 0.3) is 0 Å². The van der Waals surface area contributed by atoms with Gasteiger partial charge in [-0.1, -0.05) is 34.6 Å². The van der Waals surface area contributed by atoms with Gasteiger partial charge >= 0.3 is 5.97 Å². The second-order valence-corrected chi connectivity index (χ2v) is 11.1. The Balaban J connectivity index is 0.00000124. The van der Waals surface area contributed by atoms with Crippen molar-refractivity contribution in [3.63, 3.8) is 0 Å². The normalized spacial score (nSPS) is 43.6. The predicted octanol–water partition coefficient (Wildman–Crippen LogP) is 5.99. The van der Waals surface area contributed by atoms with Crippen LogP contribution in [0.2, 0.25) is 0 Å². The Morgan fingerprint density at radius 2 is 1.73 bits per heavy atom. The van der Waals surface area contributed by atoms with E-state index in [-0.39, 0.29) is 0 Å². The number of fused-ring (bicyclic) bond motifs is 5. The van der Waals surface area contributed by atoms with Crippen LogP contribution in [0.25, 0.3) is 0 Å². The smallest absolute Gasteiger partial charge is 0.303 e. The van der Waals surface area contributed by atoms with E-state index in [0.717, 1.165) is 37.0 Å². The average molecular weight is 420 g/mol. The molecule has 1 amide bonds. The number of rotatable bonds is 4. The van der Waals surface area contributed by atoms with Gasteiger partial charge in [-0.3, -0.25) is 9.59 Å². The van der Waals surface area contributed by atoms with Crippen LogP contribution in [-0.2, 0) is 9.59 Å². The highest BCUT2D eigenvalue weighted by molar-refractivity contribution is 5.77. The van der Waals surface area contributed by atoms with Crippen LogP contribution in [-0.4, -0.2) is 35.0 Å². The Morgan fingerprint density at radius 1 is 1.07 bits per heavy atom. The zero-order chi connectivity index (χ0) is 22.3. The number of carbonyl (C=O) groups excluding carboxylic acids is 1. The lowest BCUT2D eigenvalue weighted by Crippen LogP contribution is -2.61. The first kappa shape index (κ1) is 23.6. The van der Waals surface area contributed by atoms with Crippen LogP contribution in [0.3, 0.4) is 0 Å². The maximum absolute atomic E-state index is 12.3. The third-order valence-electron chi connectivity index (χ3n) is 10.1. The van der Waals surface area contributed by atoms with Gasteiger partial charge in [-0.15, -0.1) is 0 Å². The van der Waals surface area contributed by atoms with Crippen LogP contribution in [0.15, 0.2) is 0 Å². The van der Waals surface area contributed by atoms with Crippen molar-refractivity contribution in [1.29, 1.82) is 0 Å². The Kier molecular flexibility index (Phi) is 6.94. The highest BCUT2D eigenvalue weighted by atomic mass is 16.4. The monoisotopic (exact) mass is 419 g/mol. The first-order valence-corrected chi connectivity index (χ1v) is 12.7. The SMILES string of the molecule is CC.C[C@H](CCC(=O)O)C1CCC2C3CCC4N(C)C(=O)CCC4(C)C3CCC21C. The van der Waals surface area contributed by atoms with E-state index in [2.05, 4.69) is 25.7 Å². The largest absolute Gasteiger partial charge is 0.481 e. The number of aliphatic carboxylic acids is 1. The summed E-state index contributed by atoms with van der Waals surface area (Å²) in [6, 6.07) is 0.436. The van der Waals surface area contributed by atoms with Crippen LogP contribution in [0.4, 0.5) is 0 Å². The highest BCUT2D eigenvalue weighted by Gasteiger charge is 2.61. The molecule has 4 heteroatoms. The topological polar surface area (TPSA) is 57.6 Å². The van der Waals surface area contributed by atoms with Crippen LogP contribution >= 0.6 is 0 Å². The van der Waals surface area contributed by atoms with Crippen molar-refractivity contribution in [2.75, 3.05) is 7.05 Å². The molecule has 172 valence electrons. The molecule has 1 saturated heterocycles. The number of amides is 1. The number of piperidine rings is 1. The molecule has 4 nitrogen and oxygen atoms in total. The quantitative estimate of drug-likeness (QED) is 0.608. The third-order valence-corrected chi connectivity index (χ3v) is 10.1. The fourth-order valence-electron chi connectivity index (χ4n) is 8.68. The number of likely N-dealkylation sites (tertiary alicyclic amines) is 1. The molecule has 30 heavy (non-hydrogen) atoms. The van der Waals surface area contributed by atoms with E-state index in [4.69, 9.17) is 5.11 Å². The van der Waals surface area contributed by atoms with Crippen molar-refractivity contribution in [2.24, 2.45) is 40.4 Å². The van der Waals surface area contributed by atoms with Gasteiger partial charge in [0.2, 0.25) is 5.91 Å². The van der Waals surface area contributed by atoms with Crippen LogP contribution in [0.1, 0.15) is 98.8 Å². The molecule has 8 atom stereocenters. The lowest BCUT2D eigenvalue weighted by atomic mass is 9.46. The summed E-state index contributed by atoms with van der Waals surface area (Å²) in [4.78, 5) is 25.4. The first-order valence-electron chi connectivity index (χ1n) is 12.7. The summed E-state index contributed by atoms with van der Waals surface area (Å²) in [6.45, 7) is 11.3. The first-order chi connectivity index (χ1) is 14.2. The number of carboxylic acids is 1. The van der Waals surface area contributed by atoms with Crippen molar-refractivity contribution >= 4 is 11.9 Å². The molecule has 7 unspecified atom stereocenters. The highest BCUT2D eigenvalue weighted by Crippen LogP contribution is 2.67. The lowest BCUT2D eigenvalue weighted by Gasteiger charge is -2.62. The average Bonchev–Trinajstić information content (AvgIpc) is 3.08. The molecule has 0 aromatic carbocycles. The van der Waals surface area contributed by atoms with Crippen molar-refractivity contribution < 1.29 is 14.7 Å². The van der Waals surface area contributed by atoms with E-state index in [1.807, 2.05) is 20.9 Å². The van der Waals surface area contributed by atoms with Crippen molar-refractivity contribution in [3.05, 3.63) is 0 Å². The molecule has 0 aromatic heterocycles. The molecule has 4 rings (SSSR count). The van der Waals surface area contributed by atoms with Gasteiger partial charge in [0.05, 0.1) is 0 Å². The van der Waals surface area contributed by atoms with E-state index in [1.165, 1.54) is 38.5 Å². The minimum Gasteiger partial charge on any atom is -0.481 e. The fraction of sp³-hybridized carbons (Fsp3) is 0.923. The van der Waals surface area contributed by atoms with Gasteiger partial charge in [-0.2, -0.15) is 0 Å². The second kappa shape index (κ2) is 8.82.